The summed E-state index contributed by atoms with van der Waals surface area (Å²) in [6, 6.07) is 5.25. The summed E-state index contributed by atoms with van der Waals surface area (Å²) < 4.78 is 4.94. The Hall–Kier alpha value is -2.61. The maximum atomic E-state index is 12.3. The molecule has 3 heterocycles. The number of carbonyl (C=O) groups is 3. The molecule has 3 amide bonds. The Morgan fingerprint density at radius 2 is 1.88 bits per heavy atom. The minimum atomic E-state index is -0.0983. The van der Waals surface area contributed by atoms with Crippen molar-refractivity contribution in [2.45, 2.75) is 12.8 Å². The number of hydrogen-bond donors (Lipinski definition) is 1. The Kier molecular flexibility index (Phi) is 6.06. The molecule has 2 aromatic heterocycles. The first kappa shape index (κ1) is 18.2. The van der Waals surface area contributed by atoms with Gasteiger partial charge in [-0.15, -0.1) is 11.3 Å². The molecular weight excluding hydrogens is 354 g/mol. The second kappa shape index (κ2) is 8.66. The van der Waals surface area contributed by atoms with E-state index >= 15 is 0 Å². The highest BCUT2D eigenvalue weighted by Gasteiger charge is 2.25. The highest BCUT2D eigenvalue weighted by molar-refractivity contribution is 7.12. The van der Waals surface area contributed by atoms with E-state index in [2.05, 4.69) is 5.32 Å². The van der Waals surface area contributed by atoms with Crippen LogP contribution in [-0.4, -0.2) is 60.2 Å². The third-order valence-electron chi connectivity index (χ3n) is 4.29. The summed E-state index contributed by atoms with van der Waals surface area (Å²) in [4.78, 5) is 40.5. The molecular formula is C18H21N3O4S. The zero-order chi connectivity index (χ0) is 18.4. The standard InChI is InChI=1S/C18H21N3O4S/c22-16(4-1-6-19-17(23)15-3-2-12-26-15)20-7-9-21(10-8-20)18(24)14-5-11-25-13-14/h2-3,5,11-13H,1,4,6-10H2,(H,19,23). The first-order chi connectivity index (χ1) is 12.6. The number of piperazine rings is 1. The van der Waals surface area contributed by atoms with Crippen molar-refractivity contribution in [1.29, 1.82) is 0 Å². The highest BCUT2D eigenvalue weighted by Crippen LogP contribution is 2.11. The van der Waals surface area contributed by atoms with E-state index in [1.54, 1.807) is 21.9 Å². The normalized spacial score (nSPS) is 14.3. The number of thiophene rings is 1. The quantitative estimate of drug-likeness (QED) is 0.781. The van der Waals surface area contributed by atoms with Crippen LogP contribution in [0, 0.1) is 0 Å². The summed E-state index contributed by atoms with van der Waals surface area (Å²) >= 11 is 1.39. The van der Waals surface area contributed by atoms with Crippen LogP contribution in [0.3, 0.4) is 0 Å². The van der Waals surface area contributed by atoms with E-state index < -0.39 is 0 Å². The van der Waals surface area contributed by atoms with Crippen molar-refractivity contribution in [3.8, 4) is 0 Å². The van der Waals surface area contributed by atoms with E-state index in [4.69, 9.17) is 4.42 Å². The lowest BCUT2D eigenvalue weighted by Gasteiger charge is -2.34. The Morgan fingerprint density at radius 3 is 2.54 bits per heavy atom. The van der Waals surface area contributed by atoms with Crippen LogP contribution in [0.15, 0.2) is 40.5 Å². The average Bonchev–Trinajstić information content (AvgIpc) is 3.38. The van der Waals surface area contributed by atoms with Crippen LogP contribution in [-0.2, 0) is 4.79 Å². The van der Waals surface area contributed by atoms with Gasteiger partial charge >= 0.3 is 0 Å². The van der Waals surface area contributed by atoms with E-state index in [1.165, 1.54) is 23.9 Å². The van der Waals surface area contributed by atoms with Crippen LogP contribution in [0.25, 0.3) is 0 Å². The summed E-state index contributed by atoms with van der Waals surface area (Å²) in [5.41, 5.74) is 0.534. The molecule has 0 radical (unpaired) electrons. The third kappa shape index (κ3) is 4.51. The van der Waals surface area contributed by atoms with Gasteiger partial charge in [0.2, 0.25) is 5.91 Å². The molecule has 2 aromatic rings. The zero-order valence-corrected chi connectivity index (χ0v) is 15.2. The largest absolute Gasteiger partial charge is 0.472 e. The molecule has 7 nitrogen and oxygen atoms in total. The number of amides is 3. The second-order valence-electron chi connectivity index (χ2n) is 6.02. The Balaban J connectivity index is 1.35. The lowest BCUT2D eigenvalue weighted by Crippen LogP contribution is -2.50. The van der Waals surface area contributed by atoms with Crippen LogP contribution in [0.5, 0.6) is 0 Å². The van der Waals surface area contributed by atoms with Crippen molar-refractivity contribution in [2.75, 3.05) is 32.7 Å². The molecule has 0 bridgehead atoms. The molecule has 1 aliphatic rings. The van der Waals surface area contributed by atoms with Gasteiger partial charge in [0.25, 0.3) is 11.8 Å². The zero-order valence-electron chi connectivity index (χ0n) is 14.3. The van der Waals surface area contributed by atoms with Crippen LogP contribution in [0.2, 0.25) is 0 Å². The van der Waals surface area contributed by atoms with Gasteiger partial charge in [-0.05, 0) is 23.9 Å². The molecule has 3 rings (SSSR count). The van der Waals surface area contributed by atoms with E-state index in [9.17, 15) is 14.4 Å². The van der Waals surface area contributed by atoms with Gasteiger partial charge in [0.05, 0.1) is 16.7 Å². The molecule has 0 aromatic carbocycles. The molecule has 1 N–H and O–H groups in total. The Bertz CT molecular complexity index is 735. The highest BCUT2D eigenvalue weighted by atomic mass is 32.1. The molecule has 0 spiro atoms. The smallest absolute Gasteiger partial charge is 0.261 e. The molecule has 1 aliphatic heterocycles. The van der Waals surface area contributed by atoms with Crippen molar-refractivity contribution in [3.05, 3.63) is 46.5 Å². The van der Waals surface area contributed by atoms with E-state index in [1.807, 2.05) is 11.4 Å². The van der Waals surface area contributed by atoms with Gasteiger partial charge in [-0.3, -0.25) is 14.4 Å². The lowest BCUT2D eigenvalue weighted by atomic mass is 10.2. The maximum Gasteiger partial charge on any atom is 0.261 e. The predicted octanol–water partition coefficient (Wildman–Crippen LogP) is 1.84. The van der Waals surface area contributed by atoms with Crippen LogP contribution in [0.1, 0.15) is 32.9 Å². The Morgan fingerprint density at radius 1 is 1.12 bits per heavy atom. The number of nitrogens with zero attached hydrogens (tertiary/aromatic N) is 2. The third-order valence-corrected chi connectivity index (χ3v) is 5.15. The first-order valence-electron chi connectivity index (χ1n) is 8.56. The van der Waals surface area contributed by atoms with Crippen LogP contribution < -0.4 is 5.32 Å². The van der Waals surface area contributed by atoms with Gasteiger partial charge in [-0.2, -0.15) is 0 Å². The van der Waals surface area contributed by atoms with Gasteiger partial charge in [-0.1, -0.05) is 6.07 Å². The summed E-state index contributed by atoms with van der Waals surface area (Å²) in [5, 5.41) is 4.68. The van der Waals surface area contributed by atoms with Crippen molar-refractivity contribution in [2.24, 2.45) is 0 Å². The second-order valence-corrected chi connectivity index (χ2v) is 6.97. The van der Waals surface area contributed by atoms with E-state index in [0.29, 0.717) is 56.0 Å². The summed E-state index contributed by atoms with van der Waals surface area (Å²) in [6.07, 6.45) is 3.90. The minimum absolute atomic E-state index is 0.0609. The van der Waals surface area contributed by atoms with Gasteiger partial charge in [-0.25, -0.2) is 0 Å². The molecule has 1 fully saturated rings. The Labute approximate surface area is 155 Å². The lowest BCUT2D eigenvalue weighted by molar-refractivity contribution is -0.132. The molecule has 0 aliphatic carbocycles. The number of rotatable bonds is 6. The predicted molar refractivity (Wildman–Crippen MR) is 97.1 cm³/mol. The van der Waals surface area contributed by atoms with Crippen LogP contribution in [0.4, 0.5) is 0 Å². The molecule has 0 saturated carbocycles. The monoisotopic (exact) mass is 375 g/mol. The van der Waals surface area contributed by atoms with Gasteiger partial charge in [0.15, 0.2) is 0 Å². The first-order valence-corrected chi connectivity index (χ1v) is 9.44. The topological polar surface area (TPSA) is 82.9 Å². The SMILES string of the molecule is O=C(NCCCC(=O)N1CCN(C(=O)c2ccoc2)CC1)c1cccs1. The molecule has 138 valence electrons. The minimum Gasteiger partial charge on any atom is -0.472 e. The van der Waals surface area contributed by atoms with Crippen LogP contribution >= 0.6 is 11.3 Å². The molecule has 0 unspecified atom stereocenters. The summed E-state index contributed by atoms with van der Waals surface area (Å²) in [5.74, 6) is -0.105. The number of hydrogen-bond acceptors (Lipinski definition) is 5. The molecule has 8 heteroatoms. The maximum absolute atomic E-state index is 12.3. The molecule has 0 atom stereocenters. The van der Waals surface area contributed by atoms with Gasteiger partial charge in [0.1, 0.15) is 6.26 Å². The fraction of sp³-hybridized carbons (Fsp3) is 0.389. The van der Waals surface area contributed by atoms with Gasteiger partial charge < -0.3 is 19.5 Å². The molecule has 1 saturated heterocycles. The van der Waals surface area contributed by atoms with Crippen molar-refractivity contribution in [3.63, 3.8) is 0 Å². The average molecular weight is 375 g/mol. The summed E-state index contributed by atoms with van der Waals surface area (Å²) in [7, 11) is 0. The van der Waals surface area contributed by atoms with E-state index in [0.717, 1.165) is 0 Å². The molecule has 26 heavy (non-hydrogen) atoms. The number of carbonyl (C=O) groups excluding carboxylic acids is 3. The van der Waals surface area contributed by atoms with E-state index in [-0.39, 0.29) is 17.7 Å². The fourth-order valence-electron chi connectivity index (χ4n) is 2.82. The van der Waals surface area contributed by atoms with Gasteiger partial charge in [0, 0.05) is 39.1 Å². The number of nitrogens with one attached hydrogen (secondary N) is 1. The van der Waals surface area contributed by atoms with Crippen molar-refractivity contribution < 1.29 is 18.8 Å². The number of furan rings is 1. The van der Waals surface area contributed by atoms with Crippen molar-refractivity contribution in [1.82, 2.24) is 15.1 Å². The van der Waals surface area contributed by atoms with Crippen molar-refractivity contribution >= 4 is 29.1 Å². The fourth-order valence-corrected chi connectivity index (χ4v) is 3.46. The summed E-state index contributed by atoms with van der Waals surface area (Å²) in [6.45, 7) is 2.57.